The van der Waals surface area contributed by atoms with E-state index in [1.807, 2.05) is 25.1 Å². The highest BCUT2D eigenvalue weighted by Crippen LogP contribution is 2.30. The molecular weight excluding hydrogens is 258 g/mol. The molecule has 20 heavy (non-hydrogen) atoms. The number of nitrogens with two attached hydrogens (primary N) is 1. The predicted octanol–water partition coefficient (Wildman–Crippen LogP) is 0.707. The first-order chi connectivity index (χ1) is 9.74. The Labute approximate surface area is 116 Å². The summed E-state index contributed by atoms with van der Waals surface area (Å²) in [5.41, 5.74) is 6.97. The Morgan fingerprint density at radius 3 is 2.90 bits per heavy atom. The van der Waals surface area contributed by atoms with Gasteiger partial charge in [0.1, 0.15) is 13.2 Å². The zero-order valence-electron chi connectivity index (χ0n) is 11.3. The molecular formula is C13H17N5O2. The van der Waals surface area contributed by atoms with Crippen LogP contribution in [0, 0.1) is 0 Å². The molecule has 0 aliphatic carbocycles. The summed E-state index contributed by atoms with van der Waals surface area (Å²) in [5, 5.41) is 11.6. The van der Waals surface area contributed by atoms with Crippen molar-refractivity contribution in [2.45, 2.75) is 25.9 Å². The first-order valence-corrected chi connectivity index (χ1v) is 6.64. The Hall–Kier alpha value is -2.15. The molecule has 0 bridgehead atoms. The third-order valence-electron chi connectivity index (χ3n) is 3.19. The van der Waals surface area contributed by atoms with E-state index in [2.05, 4.69) is 15.5 Å². The van der Waals surface area contributed by atoms with Crippen molar-refractivity contribution in [3.05, 3.63) is 29.6 Å². The molecule has 7 heteroatoms. The number of tetrazole rings is 1. The lowest BCUT2D eigenvalue weighted by Gasteiger charge is -2.18. The third-order valence-corrected chi connectivity index (χ3v) is 3.19. The number of aromatic nitrogens is 4. The minimum Gasteiger partial charge on any atom is -0.486 e. The van der Waals surface area contributed by atoms with E-state index in [4.69, 9.17) is 15.2 Å². The van der Waals surface area contributed by atoms with Crippen molar-refractivity contribution >= 4 is 0 Å². The van der Waals surface area contributed by atoms with Crippen molar-refractivity contribution in [2.75, 3.05) is 13.2 Å². The van der Waals surface area contributed by atoms with Gasteiger partial charge in [0, 0.05) is 6.54 Å². The van der Waals surface area contributed by atoms with E-state index in [9.17, 15) is 0 Å². The Bertz CT molecular complexity index is 596. The lowest BCUT2D eigenvalue weighted by molar-refractivity contribution is 0.171. The molecule has 0 saturated carbocycles. The fourth-order valence-corrected chi connectivity index (χ4v) is 2.18. The van der Waals surface area contributed by atoms with Crippen LogP contribution in [0.5, 0.6) is 11.5 Å². The van der Waals surface area contributed by atoms with Gasteiger partial charge in [-0.05, 0) is 41.5 Å². The summed E-state index contributed by atoms with van der Waals surface area (Å²) in [7, 11) is 0. The second kappa shape index (κ2) is 5.46. The lowest BCUT2D eigenvalue weighted by Crippen LogP contribution is -2.16. The summed E-state index contributed by atoms with van der Waals surface area (Å²) in [6, 6.07) is 5.80. The summed E-state index contributed by atoms with van der Waals surface area (Å²) in [4.78, 5) is 0. The van der Waals surface area contributed by atoms with Crippen molar-refractivity contribution in [1.29, 1.82) is 0 Å². The number of fused-ring (bicyclic) bond motifs is 1. The van der Waals surface area contributed by atoms with Crippen LogP contribution in [0.2, 0.25) is 0 Å². The molecule has 1 aromatic heterocycles. The zero-order valence-corrected chi connectivity index (χ0v) is 11.3. The van der Waals surface area contributed by atoms with Crippen LogP contribution in [-0.4, -0.2) is 33.4 Å². The van der Waals surface area contributed by atoms with Crippen molar-refractivity contribution in [3.63, 3.8) is 0 Å². The highest BCUT2D eigenvalue weighted by Gasteiger charge is 2.13. The van der Waals surface area contributed by atoms with Crippen LogP contribution in [0.3, 0.4) is 0 Å². The summed E-state index contributed by atoms with van der Waals surface area (Å²) in [6.07, 6.45) is 0.807. The van der Waals surface area contributed by atoms with Crippen LogP contribution in [0.1, 0.15) is 24.4 Å². The van der Waals surface area contributed by atoms with Crippen LogP contribution in [0.25, 0.3) is 0 Å². The number of nitrogens with zero attached hydrogens (tertiary/aromatic N) is 4. The van der Waals surface area contributed by atoms with Gasteiger partial charge in [-0.3, -0.25) is 0 Å². The molecule has 0 amide bonds. The van der Waals surface area contributed by atoms with Crippen LogP contribution in [0.15, 0.2) is 18.2 Å². The average Bonchev–Trinajstić information content (AvgIpc) is 2.93. The van der Waals surface area contributed by atoms with Gasteiger partial charge in [-0.25, -0.2) is 4.68 Å². The summed E-state index contributed by atoms with van der Waals surface area (Å²) in [5.74, 6) is 2.30. The Balaban J connectivity index is 1.70. The number of rotatable bonds is 4. The molecule has 0 saturated heterocycles. The van der Waals surface area contributed by atoms with E-state index in [0.29, 0.717) is 25.6 Å². The molecule has 2 aromatic rings. The lowest BCUT2D eigenvalue weighted by atomic mass is 10.1. The molecule has 1 unspecified atom stereocenters. The van der Waals surface area contributed by atoms with E-state index < -0.39 is 0 Å². The SMILES string of the molecule is CC(N)c1nnnn1CCc1ccc2c(c1)OCCO2. The summed E-state index contributed by atoms with van der Waals surface area (Å²) >= 11 is 0. The first-order valence-electron chi connectivity index (χ1n) is 6.64. The largest absolute Gasteiger partial charge is 0.486 e. The zero-order chi connectivity index (χ0) is 13.9. The highest BCUT2D eigenvalue weighted by atomic mass is 16.6. The van der Waals surface area contributed by atoms with Gasteiger partial charge in [0.15, 0.2) is 17.3 Å². The van der Waals surface area contributed by atoms with E-state index >= 15 is 0 Å². The summed E-state index contributed by atoms with van der Waals surface area (Å²) < 4.78 is 12.8. The second-order valence-electron chi connectivity index (χ2n) is 4.78. The molecule has 1 aromatic carbocycles. The number of ether oxygens (including phenoxy) is 2. The molecule has 2 N–H and O–H groups in total. The van der Waals surface area contributed by atoms with Gasteiger partial charge < -0.3 is 15.2 Å². The molecule has 3 rings (SSSR count). The van der Waals surface area contributed by atoms with Gasteiger partial charge >= 0.3 is 0 Å². The van der Waals surface area contributed by atoms with Gasteiger partial charge in [-0.1, -0.05) is 6.07 Å². The minimum atomic E-state index is -0.176. The van der Waals surface area contributed by atoms with Crippen molar-refractivity contribution in [3.8, 4) is 11.5 Å². The topological polar surface area (TPSA) is 88.1 Å². The fraction of sp³-hybridized carbons (Fsp3) is 0.462. The van der Waals surface area contributed by atoms with Gasteiger partial charge in [0.25, 0.3) is 0 Å². The molecule has 1 aliphatic rings. The maximum atomic E-state index is 5.82. The number of hydrogen-bond acceptors (Lipinski definition) is 6. The van der Waals surface area contributed by atoms with Gasteiger partial charge in [0.2, 0.25) is 0 Å². The molecule has 0 fully saturated rings. The second-order valence-corrected chi connectivity index (χ2v) is 4.78. The quantitative estimate of drug-likeness (QED) is 0.884. The fourth-order valence-electron chi connectivity index (χ4n) is 2.18. The molecule has 1 aliphatic heterocycles. The van der Waals surface area contributed by atoms with Crippen LogP contribution in [-0.2, 0) is 13.0 Å². The standard InChI is InChI=1S/C13H17N5O2/c1-9(14)13-15-16-17-18(13)5-4-10-2-3-11-12(8-10)20-7-6-19-11/h2-3,8-9H,4-7,14H2,1H3. The summed E-state index contributed by atoms with van der Waals surface area (Å²) in [6.45, 7) is 3.75. The Kier molecular flexibility index (Phi) is 3.51. The van der Waals surface area contributed by atoms with E-state index in [0.717, 1.165) is 23.5 Å². The predicted molar refractivity (Wildman–Crippen MR) is 71.6 cm³/mol. The number of aryl methyl sites for hydroxylation is 2. The number of benzene rings is 1. The van der Waals surface area contributed by atoms with E-state index in [1.54, 1.807) is 4.68 Å². The van der Waals surface area contributed by atoms with Crippen LogP contribution >= 0.6 is 0 Å². The first kappa shape index (κ1) is 12.9. The van der Waals surface area contributed by atoms with Gasteiger partial charge in [-0.2, -0.15) is 0 Å². The van der Waals surface area contributed by atoms with Gasteiger partial charge in [0.05, 0.1) is 6.04 Å². The molecule has 0 spiro atoms. The smallest absolute Gasteiger partial charge is 0.167 e. The van der Waals surface area contributed by atoms with Crippen molar-refractivity contribution < 1.29 is 9.47 Å². The molecule has 106 valence electrons. The van der Waals surface area contributed by atoms with Crippen LogP contribution < -0.4 is 15.2 Å². The minimum absolute atomic E-state index is 0.176. The Morgan fingerprint density at radius 2 is 2.10 bits per heavy atom. The van der Waals surface area contributed by atoms with Crippen molar-refractivity contribution in [1.82, 2.24) is 20.2 Å². The van der Waals surface area contributed by atoms with Crippen molar-refractivity contribution in [2.24, 2.45) is 5.73 Å². The maximum absolute atomic E-state index is 5.82. The highest BCUT2D eigenvalue weighted by molar-refractivity contribution is 5.43. The molecule has 2 heterocycles. The molecule has 0 radical (unpaired) electrons. The van der Waals surface area contributed by atoms with E-state index in [1.165, 1.54) is 0 Å². The average molecular weight is 275 g/mol. The monoisotopic (exact) mass is 275 g/mol. The van der Waals surface area contributed by atoms with E-state index in [-0.39, 0.29) is 6.04 Å². The third kappa shape index (κ3) is 2.57. The maximum Gasteiger partial charge on any atom is 0.167 e. The Morgan fingerprint density at radius 1 is 1.30 bits per heavy atom. The van der Waals surface area contributed by atoms with Gasteiger partial charge in [-0.15, -0.1) is 5.10 Å². The molecule has 7 nitrogen and oxygen atoms in total. The van der Waals surface area contributed by atoms with Crippen LogP contribution in [0.4, 0.5) is 0 Å². The number of hydrogen-bond donors (Lipinski definition) is 1. The molecule has 1 atom stereocenters. The normalized spacial score (nSPS) is 15.1.